The highest BCUT2D eigenvalue weighted by atomic mass is 16.5. The maximum Gasteiger partial charge on any atom is 0.305 e. The van der Waals surface area contributed by atoms with Gasteiger partial charge in [-0.05, 0) is 18.4 Å². The first-order valence-electron chi connectivity index (χ1n) is 4.42. The van der Waals surface area contributed by atoms with Crippen LogP contribution in [0.5, 0.6) is 0 Å². The molecule has 0 heterocycles. The third kappa shape index (κ3) is 3.72. The summed E-state index contributed by atoms with van der Waals surface area (Å²) in [6.45, 7) is 4.77. The third-order valence-corrected chi connectivity index (χ3v) is 2.41. The lowest BCUT2D eigenvalue weighted by Gasteiger charge is -2.19. The fourth-order valence-electron chi connectivity index (χ4n) is 1.15. The van der Waals surface area contributed by atoms with Gasteiger partial charge < -0.3 is 10.5 Å². The lowest BCUT2D eigenvalue weighted by atomic mass is 9.89. The van der Waals surface area contributed by atoms with E-state index in [1.807, 2.05) is 0 Å². The molecule has 0 amide bonds. The van der Waals surface area contributed by atoms with E-state index in [0.29, 0.717) is 18.9 Å². The second kappa shape index (κ2) is 6.00. The van der Waals surface area contributed by atoms with Gasteiger partial charge in [0.2, 0.25) is 0 Å². The summed E-state index contributed by atoms with van der Waals surface area (Å²) in [6.07, 6.45) is 1.50. The van der Waals surface area contributed by atoms with Crippen LogP contribution in [0, 0.1) is 11.8 Å². The van der Waals surface area contributed by atoms with E-state index in [1.165, 1.54) is 7.11 Å². The standard InChI is InChI=1S/C9H19NO2/c1-4-7(2)8(6-10)5-9(11)12-3/h7-8H,4-6,10H2,1-3H3. The molecule has 0 aliphatic heterocycles. The Balaban J connectivity index is 3.90. The van der Waals surface area contributed by atoms with E-state index in [4.69, 9.17) is 5.73 Å². The molecule has 2 atom stereocenters. The largest absolute Gasteiger partial charge is 0.469 e. The van der Waals surface area contributed by atoms with Crippen LogP contribution in [-0.4, -0.2) is 19.6 Å². The summed E-state index contributed by atoms with van der Waals surface area (Å²) in [4.78, 5) is 10.9. The van der Waals surface area contributed by atoms with E-state index in [9.17, 15) is 4.79 Å². The molecule has 0 aliphatic carbocycles. The monoisotopic (exact) mass is 173 g/mol. The zero-order valence-corrected chi connectivity index (χ0v) is 8.17. The first kappa shape index (κ1) is 11.4. The number of ether oxygens (including phenoxy) is 1. The summed E-state index contributed by atoms with van der Waals surface area (Å²) in [5.41, 5.74) is 5.54. The average Bonchev–Trinajstić information content (AvgIpc) is 2.12. The van der Waals surface area contributed by atoms with Crippen LogP contribution in [0.2, 0.25) is 0 Å². The maximum absolute atomic E-state index is 10.9. The van der Waals surface area contributed by atoms with Crippen molar-refractivity contribution < 1.29 is 9.53 Å². The Hall–Kier alpha value is -0.570. The second-order valence-electron chi connectivity index (χ2n) is 3.16. The topological polar surface area (TPSA) is 52.3 Å². The molecule has 0 radical (unpaired) electrons. The smallest absolute Gasteiger partial charge is 0.305 e. The molecule has 0 bridgehead atoms. The molecule has 3 heteroatoms. The first-order valence-corrected chi connectivity index (χ1v) is 4.42. The molecule has 2 N–H and O–H groups in total. The minimum Gasteiger partial charge on any atom is -0.469 e. The van der Waals surface area contributed by atoms with Gasteiger partial charge in [0.15, 0.2) is 0 Å². The maximum atomic E-state index is 10.9. The molecule has 0 aromatic carbocycles. The van der Waals surface area contributed by atoms with Crippen molar-refractivity contribution in [3.63, 3.8) is 0 Å². The molecule has 0 saturated carbocycles. The number of carbonyl (C=O) groups excluding carboxylic acids is 1. The average molecular weight is 173 g/mol. The van der Waals surface area contributed by atoms with Crippen molar-refractivity contribution >= 4 is 5.97 Å². The van der Waals surface area contributed by atoms with Crippen LogP contribution in [0.3, 0.4) is 0 Å². The van der Waals surface area contributed by atoms with Gasteiger partial charge in [0.25, 0.3) is 0 Å². The molecule has 72 valence electrons. The van der Waals surface area contributed by atoms with Gasteiger partial charge in [0, 0.05) is 6.42 Å². The highest BCUT2D eigenvalue weighted by molar-refractivity contribution is 5.69. The number of hydrogen-bond acceptors (Lipinski definition) is 3. The Morgan fingerprint density at radius 3 is 2.50 bits per heavy atom. The number of hydrogen-bond donors (Lipinski definition) is 1. The molecule has 3 nitrogen and oxygen atoms in total. The summed E-state index contributed by atoms with van der Waals surface area (Å²) in [7, 11) is 1.41. The van der Waals surface area contributed by atoms with Crippen molar-refractivity contribution in [2.24, 2.45) is 17.6 Å². The summed E-state index contributed by atoms with van der Waals surface area (Å²) in [5, 5.41) is 0. The zero-order valence-electron chi connectivity index (χ0n) is 8.17. The number of carbonyl (C=O) groups is 1. The Morgan fingerprint density at radius 1 is 1.58 bits per heavy atom. The third-order valence-electron chi connectivity index (χ3n) is 2.41. The van der Waals surface area contributed by atoms with Crippen molar-refractivity contribution in [3.05, 3.63) is 0 Å². The molecule has 0 fully saturated rings. The minimum atomic E-state index is -0.161. The Kier molecular flexibility index (Phi) is 5.72. The molecule has 0 saturated heterocycles. The molecule has 12 heavy (non-hydrogen) atoms. The van der Waals surface area contributed by atoms with Crippen LogP contribution < -0.4 is 5.73 Å². The molecule has 0 spiro atoms. The van der Waals surface area contributed by atoms with E-state index in [-0.39, 0.29) is 11.9 Å². The minimum absolute atomic E-state index is 0.161. The van der Waals surface area contributed by atoms with Crippen LogP contribution in [-0.2, 0) is 9.53 Å². The highest BCUT2D eigenvalue weighted by Gasteiger charge is 2.17. The number of methoxy groups -OCH3 is 1. The summed E-state index contributed by atoms with van der Waals surface area (Å²) in [6, 6.07) is 0. The molecule has 0 rings (SSSR count). The van der Waals surface area contributed by atoms with E-state index in [1.54, 1.807) is 0 Å². The fraction of sp³-hybridized carbons (Fsp3) is 0.889. The highest BCUT2D eigenvalue weighted by Crippen LogP contribution is 2.17. The van der Waals surface area contributed by atoms with E-state index >= 15 is 0 Å². The van der Waals surface area contributed by atoms with E-state index in [0.717, 1.165) is 6.42 Å². The molecule has 0 aromatic heterocycles. The normalized spacial score (nSPS) is 15.3. The summed E-state index contributed by atoms with van der Waals surface area (Å²) < 4.78 is 4.58. The van der Waals surface area contributed by atoms with Gasteiger partial charge in [-0.15, -0.1) is 0 Å². The summed E-state index contributed by atoms with van der Waals surface area (Å²) in [5.74, 6) is 0.599. The molecular formula is C9H19NO2. The Morgan fingerprint density at radius 2 is 2.17 bits per heavy atom. The van der Waals surface area contributed by atoms with Gasteiger partial charge in [-0.3, -0.25) is 4.79 Å². The fourth-order valence-corrected chi connectivity index (χ4v) is 1.15. The van der Waals surface area contributed by atoms with Gasteiger partial charge in [-0.25, -0.2) is 0 Å². The lowest BCUT2D eigenvalue weighted by Crippen LogP contribution is -2.24. The predicted molar refractivity (Wildman–Crippen MR) is 48.6 cm³/mol. The lowest BCUT2D eigenvalue weighted by molar-refractivity contribution is -0.142. The quantitative estimate of drug-likeness (QED) is 0.635. The van der Waals surface area contributed by atoms with Crippen LogP contribution in [0.4, 0.5) is 0 Å². The summed E-state index contributed by atoms with van der Waals surface area (Å²) >= 11 is 0. The van der Waals surface area contributed by atoms with E-state index in [2.05, 4.69) is 18.6 Å². The predicted octanol–water partition coefficient (Wildman–Crippen LogP) is 1.17. The molecule has 0 aromatic rings. The van der Waals surface area contributed by atoms with Crippen LogP contribution in [0.25, 0.3) is 0 Å². The van der Waals surface area contributed by atoms with Crippen molar-refractivity contribution in [2.45, 2.75) is 26.7 Å². The molecule has 0 aliphatic rings. The van der Waals surface area contributed by atoms with Gasteiger partial charge >= 0.3 is 5.97 Å². The SMILES string of the molecule is CCC(C)C(CN)CC(=O)OC. The van der Waals surface area contributed by atoms with Crippen molar-refractivity contribution in [2.75, 3.05) is 13.7 Å². The number of esters is 1. The van der Waals surface area contributed by atoms with Crippen molar-refractivity contribution in [1.29, 1.82) is 0 Å². The Labute approximate surface area is 74.3 Å². The first-order chi connectivity index (χ1) is 5.65. The van der Waals surface area contributed by atoms with Crippen molar-refractivity contribution in [3.8, 4) is 0 Å². The van der Waals surface area contributed by atoms with Gasteiger partial charge in [-0.2, -0.15) is 0 Å². The number of nitrogens with two attached hydrogens (primary N) is 1. The zero-order chi connectivity index (χ0) is 9.56. The van der Waals surface area contributed by atoms with E-state index < -0.39 is 0 Å². The van der Waals surface area contributed by atoms with Crippen molar-refractivity contribution in [1.82, 2.24) is 0 Å². The number of rotatable bonds is 5. The molecular weight excluding hydrogens is 154 g/mol. The van der Waals surface area contributed by atoms with Gasteiger partial charge in [0.05, 0.1) is 7.11 Å². The molecule has 2 unspecified atom stereocenters. The van der Waals surface area contributed by atoms with Crippen LogP contribution >= 0.6 is 0 Å². The van der Waals surface area contributed by atoms with Crippen LogP contribution in [0.15, 0.2) is 0 Å². The Bertz CT molecular complexity index is 136. The van der Waals surface area contributed by atoms with Gasteiger partial charge in [0.1, 0.15) is 0 Å². The van der Waals surface area contributed by atoms with Gasteiger partial charge in [-0.1, -0.05) is 20.3 Å². The second-order valence-corrected chi connectivity index (χ2v) is 3.16. The van der Waals surface area contributed by atoms with Crippen LogP contribution in [0.1, 0.15) is 26.7 Å².